The van der Waals surface area contributed by atoms with Gasteiger partial charge in [0, 0.05) is 17.4 Å². The Labute approximate surface area is 72.2 Å². The summed E-state index contributed by atoms with van der Waals surface area (Å²) in [5, 5.41) is 16.0. The number of hydrogen-bond acceptors (Lipinski definition) is 2. The van der Waals surface area contributed by atoms with Crippen molar-refractivity contribution in [2.24, 2.45) is 0 Å². The number of aliphatic hydroxyl groups is 2. The van der Waals surface area contributed by atoms with Crippen LogP contribution in [0.2, 0.25) is 0 Å². The summed E-state index contributed by atoms with van der Waals surface area (Å²) < 4.78 is 0. The van der Waals surface area contributed by atoms with Gasteiger partial charge in [-0.2, -0.15) is 0 Å². The molecule has 0 saturated heterocycles. The van der Waals surface area contributed by atoms with Crippen molar-refractivity contribution in [1.82, 2.24) is 0 Å². The molecule has 5 heteroatoms. The molecule has 8 heavy (non-hydrogen) atoms. The average molecular weight is 176 g/mol. The van der Waals surface area contributed by atoms with E-state index in [-0.39, 0.29) is 48.8 Å². The number of aliphatic hydroxyl groups excluding tert-OH is 2. The summed E-state index contributed by atoms with van der Waals surface area (Å²) in [6.07, 6.45) is -0.560. The van der Waals surface area contributed by atoms with Gasteiger partial charge < -0.3 is 10.2 Å². The number of hydrogen-bond donors (Lipinski definition) is 2. The van der Waals surface area contributed by atoms with Crippen molar-refractivity contribution in [3.63, 3.8) is 0 Å². The minimum Gasteiger partial charge on any atom is -0.394 e. The Morgan fingerprint density at radius 2 is 1.50 bits per heavy atom. The van der Waals surface area contributed by atoms with Crippen LogP contribution in [0.3, 0.4) is 0 Å². The quantitative estimate of drug-likeness (QED) is 0.544. The van der Waals surface area contributed by atoms with Crippen LogP contribution in [0.25, 0.3) is 0 Å². The lowest BCUT2D eigenvalue weighted by Gasteiger charge is -1.90. The monoisotopic (exact) mass is 175 g/mol. The molecule has 0 fully saturated rings. The molecule has 2 nitrogen and oxygen atoms in total. The van der Waals surface area contributed by atoms with Crippen molar-refractivity contribution in [3.05, 3.63) is 0 Å². The van der Waals surface area contributed by atoms with Crippen LogP contribution in [0.1, 0.15) is 6.92 Å². The smallest absolute Gasteiger partial charge is 0.0742 e. The molecule has 3 radical (unpaired) electrons. The Bertz CT molecular complexity index is 29.2. The Balaban J connectivity index is -0.0000000267. The molecule has 0 aromatic carbocycles. The van der Waals surface area contributed by atoms with E-state index in [0.717, 1.165) is 0 Å². The number of rotatable bonds is 1. The van der Waals surface area contributed by atoms with E-state index in [1.54, 1.807) is 0 Å². The van der Waals surface area contributed by atoms with Gasteiger partial charge in [0.1, 0.15) is 0 Å². The molecule has 0 bridgehead atoms. The van der Waals surface area contributed by atoms with E-state index in [1.807, 2.05) is 0 Å². The SMILES string of the molecule is CC(O)CO.Cl.Cl.[Al]. The molecule has 0 aliphatic rings. The van der Waals surface area contributed by atoms with E-state index in [2.05, 4.69) is 0 Å². The van der Waals surface area contributed by atoms with Crippen LogP contribution in [-0.4, -0.2) is 40.3 Å². The lowest BCUT2D eigenvalue weighted by atomic mass is 10.5. The highest BCUT2D eigenvalue weighted by Crippen LogP contribution is 1.68. The van der Waals surface area contributed by atoms with Crippen LogP contribution in [0.5, 0.6) is 0 Å². The molecule has 0 aliphatic heterocycles. The minimum atomic E-state index is -0.560. The van der Waals surface area contributed by atoms with Gasteiger partial charge in [0.05, 0.1) is 12.7 Å². The van der Waals surface area contributed by atoms with Crippen molar-refractivity contribution in [3.8, 4) is 0 Å². The first kappa shape index (κ1) is 23.0. The summed E-state index contributed by atoms with van der Waals surface area (Å²) >= 11 is 0. The summed E-state index contributed by atoms with van der Waals surface area (Å²) in [5.74, 6) is 0. The summed E-state index contributed by atoms with van der Waals surface area (Å²) in [6, 6.07) is 0. The lowest BCUT2D eigenvalue weighted by Crippen LogP contribution is -2.03. The predicted molar refractivity (Wildman–Crippen MR) is 39.0 cm³/mol. The second-order valence-electron chi connectivity index (χ2n) is 1.03. The van der Waals surface area contributed by atoms with Gasteiger partial charge in [0.15, 0.2) is 0 Å². The van der Waals surface area contributed by atoms with Gasteiger partial charge in [-0.3, -0.25) is 0 Å². The standard InChI is InChI=1S/C3H8O2.Al.2ClH/c1-3(5)2-4;;;/h3-5H,2H2,1H3;;2*1H. The van der Waals surface area contributed by atoms with Gasteiger partial charge in [-0.1, -0.05) is 0 Å². The third kappa shape index (κ3) is 27.8. The fraction of sp³-hybridized carbons (Fsp3) is 1.00. The van der Waals surface area contributed by atoms with Crippen molar-refractivity contribution in [2.75, 3.05) is 6.61 Å². The third-order valence-electron chi connectivity index (χ3n) is 0.264. The van der Waals surface area contributed by atoms with Crippen molar-refractivity contribution < 1.29 is 10.2 Å². The molecule has 0 aromatic rings. The zero-order valence-electron chi connectivity index (χ0n) is 4.57. The van der Waals surface area contributed by atoms with Crippen LogP contribution >= 0.6 is 24.8 Å². The molecule has 0 amide bonds. The van der Waals surface area contributed by atoms with Gasteiger partial charge >= 0.3 is 0 Å². The van der Waals surface area contributed by atoms with Gasteiger partial charge in [-0.25, -0.2) is 0 Å². The molecule has 0 aromatic heterocycles. The van der Waals surface area contributed by atoms with Gasteiger partial charge in [0.2, 0.25) is 0 Å². The van der Waals surface area contributed by atoms with Crippen molar-refractivity contribution >= 4 is 42.2 Å². The summed E-state index contributed by atoms with van der Waals surface area (Å²) in [4.78, 5) is 0. The van der Waals surface area contributed by atoms with Crippen LogP contribution < -0.4 is 0 Å². The summed E-state index contributed by atoms with van der Waals surface area (Å²) in [6.45, 7) is 1.39. The lowest BCUT2D eigenvalue weighted by molar-refractivity contribution is 0.110. The Hall–Kier alpha value is 1.03. The molecule has 2 N–H and O–H groups in total. The van der Waals surface area contributed by atoms with E-state index in [0.29, 0.717) is 0 Å². The largest absolute Gasteiger partial charge is 0.394 e. The highest BCUT2D eigenvalue weighted by molar-refractivity contribution is 5.85. The highest BCUT2D eigenvalue weighted by Gasteiger charge is 1.83. The summed E-state index contributed by atoms with van der Waals surface area (Å²) in [5.41, 5.74) is 0. The average Bonchev–Trinajstić information content (AvgIpc) is 1.38. The Morgan fingerprint density at radius 1 is 1.38 bits per heavy atom. The van der Waals surface area contributed by atoms with E-state index in [9.17, 15) is 0 Å². The predicted octanol–water partition coefficient (Wildman–Crippen LogP) is -0.178. The number of halogens is 2. The molecule has 0 spiro atoms. The van der Waals surface area contributed by atoms with Crippen LogP contribution in [0.4, 0.5) is 0 Å². The van der Waals surface area contributed by atoms with Crippen LogP contribution in [0, 0.1) is 0 Å². The summed E-state index contributed by atoms with van der Waals surface area (Å²) in [7, 11) is 0. The fourth-order valence-electron chi connectivity index (χ4n) is 0. The fourth-order valence-corrected chi connectivity index (χ4v) is 0. The molecule has 0 saturated carbocycles. The van der Waals surface area contributed by atoms with E-state index in [1.165, 1.54) is 6.92 Å². The zero-order valence-corrected chi connectivity index (χ0v) is 7.36. The topological polar surface area (TPSA) is 40.5 Å². The first-order chi connectivity index (χ1) is 2.27. The molecule has 0 heterocycles. The van der Waals surface area contributed by atoms with E-state index >= 15 is 0 Å². The van der Waals surface area contributed by atoms with Gasteiger partial charge in [-0.05, 0) is 6.92 Å². The van der Waals surface area contributed by atoms with Crippen LogP contribution in [0.15, 0.2) is 0 Å². The highest BCUT2D eigenvalue weighted by atomic mass is 35.5. The maximum absolute atomic E-state index is 8.11. The minimum absolute atomic E-state index is 0. The molecular weight excluding hydrogens is 166 g/mol. The van der Waals surface area contributed by atoms with Crippen molar-refractivity contribution in [2.45, 2.75) is 13.0 Å². The Kier molecular flexibility index (Phi) is 45.1. The van der Waals surface area contributed by atoms with Crippen LogP contribution in [-0.2, 0) is 0 Å². The Morgan fingerprint density at radius 3 is 1.50 bits per heavy atom. The molecule has 51 valence electrons. The molecular formula is C3H10AlCl2O2. The zero-order chi connectivity index (χ0) is 4.28. The van der Waals surface area contributed by atoms with Gasteiger partial charge in [0.25, 0.3) is 0 Å². The van der Waals surface area contributed by atoms with E-state index in [4.69, 9.17) is 10.2 Å². The van der Waals surface area contributed by atoms with Gasteiger partial charge in [-0.15, -0.1) is 24.8 Å². The van der Waals surface area contributed by atoms with E-state index < -0.39 is 6.10 Å². The second kappa shape index (κ2) is 15.7. The third-order valence-corrected chi connectivity index (χ3v) is 0.264. The maximum atomic E-state index is 8.11. The molecule has 0 aliphatic carbocycles. The second-order valence-corrected chi connectivity index (χ2v) is 1.03. The van der Waals surface area contributed by atoms with Crippen molar-refractivity contribution in [1.29, 1.82) is 0 Å². The molecule has 0 rings (SSSR count). The first-order valence-corrected chi connectivity index (χ1v) is 1.56. The first-order valence-electron chi connectivity index (χ1n) is 1.56. The normalized spacial score (nSPS) is 9.38. The molecule has 1 atom stereocenters. The maximum Gasteiger partial charge on any atom is 0.0742 e. The molecule has 1 unspecified atom stereocenters.